The van der Waals surface area contributed by atoms with E-state index in [1.807, 2.05) is 16.8 Å². The van der Waals surface area contributed by atoms with E-state index in [1.54, 1.807) is 36.9 Å². The molecule has 6 heteroatoms. The van der Waals surface area contributed by atoms with Crippen LogP contribution >= 0.6 is 0 Å². The number of benzene rings is 2. The summed E-state index contributed by atoms with van der Waals surface area (Å²) in [6, 6.07) is 15.0. The molecule has 1 atom stereocenters. The first-order valence-electron chi connectivity index (χ1n) is 8.86. The first kappa shape index (κ1) is 18.6. The number of rotatable bonds is 6. The zero-order valence-electron chi connectivity index (χ0n) is 15.8. The molecule has 0 radical (unpaired) electrons. The molecule has 0 spiro atoms. The summed E-state index contributed by atoms with van der Waals surface area (Å²) in [5, 5.41) is 16.6. The van der Waals surface area contributed by atoms with Crippen LogP contribution in [0, 0.1) is 5.41 Å². The van der Waals surface area contributed by atoms with Gasteiger partial charge >= 0.3 is 5.97 Å². The fourth-order valence-electron chi connectivity index (χ4n) is 2.97. The minimum Gasteiger partial charge on any atom is -0.478 e. The topological polar surface area (TPSA) is 80.0 Å². The number of carboxylic acid groups (broad SMARTS) is 1. The molecule has 140 valence electrons. The van der Waals surface area contributed by atoms with E-state index in [0.717, 1.165) is 17.8 Å². The average Bonchev–Trinajstić information content (AvgIpc) is 3.15. The van der Waals surface area contributed by atoms with E-state index in [4.69, 9.17) is 5.11 Å². The summed E-state index contributed by atoms with van der Waals surface area (Å²) >= 11 is 0. The van der Waals surface area contributed by atoms with E-state index in [0.29, 0.717) is 0 Å². The lowest BCUT2D eigenvalue weighted by molar-refractivity contribution is 0.0697. The fourth-order valence-corrected chi connectivity index (χ4v) is 2.97. The molecule has 0 saturated heterocycles. The normalized spacial score (nSPS) is 12.6. The van der Waals surface area contributed by atoms with Gasteiger partial charge in [-0.05, 0) is 53.8 Å². The Morgan fingerprint density at radius 3 is 2.15 bits per heavy atom. The zero-order chi connectivity index (χ0) is 19.4. The number of nitrogens with one attached hydrogen (secondary N) is 1. The van der Waals surface area contributed by atoms with Crippen LogP contribution in [0.15, 0.2) is 61.2 Å². The van der Waals surface area contributed by atoms with Crippen LogP contribution in [0.4, 0.5) is 11.4 Å². The largest absolute Gasteiger partial charge is 0.478 e. The Kier molecular flexibility index (Phi) is 5.26. The second-order valence-corrected chi connectivity index (χ2v) is 7.79. The maximum absolute atomic E-state index is 10.9. The Morgan fingerprint density at radius 2 is 1.67 bits per heavy atom. The number of aromatic nitrogens is 3. The quantitative estimate of drug-likeness (QED) is 0.660. The molecule has 3 rings (SSSR count). The summed E-state index contributed by atoms with van der Waals surface area (Å²) in [5.41, 5.74) is 3.38. The van der Waals surface area contributed by atoms with Gasteiger partial charge in [0.1, 0.15) is 12.7 Å². The van der Waals surface area contributed by atoms with Crippen molar-refractivity contribution in [2.75, 3.05) is 5.32 Å². The van der Waals surface area contributed by atoms with Crippen molar-refractivity contribution in [2.24, 2.45) is 5.41 Å². The molecule has 0 amide bonds. The molecule has 0 aliphatic heterocycles. The number of aromatic carboxylic acids is 1. The van der Waals surface area contributed by atoms with Crippen LogP contribution < -0.4 is 5.32 Å². The van der Waals surface area contributed by atoms with Gasteiger partial charge in [0, 0.05) is 11.4 Å². The molecule has 3 aromatic rings. The Labute approximate surface area is 158 Å². The first-order valence-corrected chi connectivity index (χ1v) is 8.86. The summed E-state index contributed by atoms with van der Waals surface area (Å²) in [5.74, 6) is -0.927. The molecule has 0 bridgehead atoms. The standard InChI is InChI=1S/C21H24N4O2/c1-21(2,3)12-19(25-14-22-13-23-25)15-4-8-17(9-5-15)24-18-10-6-16(7-11-18)20(26)27/h4-11,13-14,19,24H,12H2,1-3H3,(H,26,27). The molecule has 2 N–H and O–H groups in total. The highest BCUT2D eigenvalue weighted by Crippen LogP contribution is 2.32. The van der Waals surface area contributed by atoms with Crippen molar-refractivity contribution in [2.45, 2.75) is 33.2 Å². The summed E-state index contributed by atoms with van der Waals surface area (Å²) in [6.45, 7) is 6.65. The molecule has 1 unspecified atom stereocenters. The number of carbonyl (C=O) groups is 1. The average molecular weight is 364 g/mol. The number of carboxylic acids is 1. The van der Waals surface area contributed by atoms with Crippen LogP contribution in [0.5, 0.6) is 0 Å². The third kappa shape index (κ3) is 4.94. The van der Waals surface area contributed by atoms with Gasteiger partial charge in [0.05, 0.1) is 11.6 Å². The highest BCUT2D eigenvalue weighted by atomic mass is 16.4. The minimum atomic E-state index is -0.927. The Balaban J connectivity index is 1.77. The molecule has 1 aromatic heterocycles. The van der Waals surface area contributed by atoms with Gasteiger partial charge in [-0.1, -0.05) is 32.9 Å². The Morgan fingerprint density at radius 1 is 1.07 bits per heavy atom. The van der Waals surface area contributed by atoms with Crippen molar-refractivity contribution in [3.05, 3.63) is 72.3 Å². The van der Waals surface area contributed by atoms with Gasteiger partial charge in [0.15, 0.2) is 0 Å². The van der Waals surface area contributed by atoms with Crippen LogP contribution in [0.1, 0.15) is 49.2 Å². The monoisotopic (exact) mass is 364 g/mol. The van der Waals surface area contributed by atoms with Crippen molar-refractivity contribution in [3.63, 3.8) is 0 Å². The lowest BCUT2D eigenvalue weighted by atomic mass is 9.85. The molecule has 1 heterocycles. The van der Waals surface area contributed by atoms with E-state index >= 15 is 0 Å². The van der Waals surface area contributed by atoms with Gasteiger partial charge < -0.3 is 10.4 Å². The van der Waals surface area contributed by atoms with Crippen molar-refractivity contribution >= 4 is 17.3 Å². The number of anilines is 2. The van der Waals surface area contributed by atoms with Crippen molar-refractivity contribution < 1.29 is 9.90 Å². The second-order valence-electron chi connectivity index (χ2n) is 7.79. The third-order valence-corrected chi connectivity index (χ3v) is 4.28. The molecule has 0 fully saturated rings. The SMILES string of the molecule is CC(C)(C)CC(c1ccc(Nc2ccc(C(=O)O)cc2)cc1)n1cncn1. The predicted octanol–water partition coefficient (Wildman–Crippen LogP) is 4.75. The second kappa shape index (κ2) is 7.61. The number of hydrogen-bond acceptors (Lipinski definition) is 4. The number of nitrogens with zero attached hydrogens (tertiary/aromatic N) is 3. The van der Waals surface area contributed by atoms with E-state index in [-0.39, 0.29) is 17.0 Å². The van der Waals surface area contributed by atoms with Gasteiger partial charge in [0.25, 0.3) is 0 Å². The molecular formula is C21H24N4O2. The van der Waals surface area contributed by atoms with Gasteiger partial charge in [-0.3, -0.25) is 0 Å². The van der Waals surface area contributed by atoms with Crippen LogP contribution in [-0.4, -0.2) is 25.8 Å². The van der Waals surface area contributed by atoms with E-state index < -0.39 is 5.97 Å². The Hall–Kier alpha value is -3.15. The van der Waals surface area contributed by atoms with Crippen LogP contribution in [0.25, 0.3) is 0 Å². The van der Waals surface area contributed by atoms with Crippen LogP contribution in [0.3, 0.4) is 0 Å². The van der Waals surface area contributed by atoms with Crippen molar-refractivity contribution in [1.29, 1.82) is 0 Å². The smallest absolute Gasteiger partial charge is 0.335 e. The molecule has 2 aromatic carbocycles. The molecule has 27 heavy (non-hydrogen) atoms. The minimum absolute atomic E-state index is 0.122. The van der Waals surface area contributed by atoms with E-state index in [1.165, 1.54) is 5.56 Å². The lowest BCUT2D eigenvalue weighted by Gasteiger charge is -2.26. The van der Waals surface area contributed by atoms with Gasteiger partial charge in [-0.2, -0.15) is 5.10 Å². The van der Waals surface area contributed by atoms with Crippen LogP contribution in [0.2, 0.25) is 0 Å². The summed E-state index contributed by atoms with van der Waals surface area (Å²) in [4.78, 5) is 15.0. The fraction of sp³-hybridized carbons (Fsp3) is 0.286. The van der Waals surface area contributed by atoms with E-state index in [9.17, 15) is 4.79 Å². The van der Waals surface area contributed by atoms with Gasteiger partial charge in [0.2, 0.25) is 0 Å². The predicted molar refractivity (Wildman–Crippen MR) is 105 cm³/mol. The lowest BCUT2D eigenvalue weighted by Crippen LogP contribution is -2.19. The van der Waals surface area contributed by atoms with Gasteiger partial charge in [-0.15, -0.1) is 0 Å². The molecule has 0 aliphatic rings. The first-order chi connectivity index (χ1) is 12.8. The summed E-state index contributed by atoms with van der Waals surface area (Å²) < 4.78 is 1.90. The maximum atomic E-state index is 10.9. The maximum Gasteiger partial charge on any atom is 0.335 e. The van der Waals surface area contributed by atoms with Crippen molar-refractivity contribution in [3.8, 4) is 0 Å². The molecule has 6 nitrogen and oxygen atoms in total. The number of hydrogen-bond donors (Lipinski definition) is 2. The van der Waals surface area contributed by atoms with Crippen molar-refractivity contribution in [1.82, 2.24) is 14.8 Å². The van der Waals surface area contributed by atoms with Crippen LogP contribution in [-0.2, 0) is 0 Å². The highest BCUT2D eigenvalue weighted by molar-refractivity contribution is 5.88. The molecule has 0 saturated carbocycles. The molecular weight excluding hydrogens is 340 g/mol. The Bertz CT molecular complexity index is 879. The van der Waals surface area contributed by atoms with E-state index in [2.05, 4.69) is 48.3 Å². The highest BCUT2D eigenvalue weighted by Gasteiger charge is 2.22. The van der Waals surface area contributed by atoms with Gasteiger partial charge in [-0.25, -0.2) is 14.5 Å². The summed E-state index contributed by atoms with van der Waals surface area (Å²) in [7, 11) is 0. The third-order valence-electron chi connectivity index (χ3n) is 4.28. The summed E-state index contributed by atoms with van der Waals surface area (Å²) in [6.07, 6.45) is 4.26. The zero-order valence-corrected chi connectivity index (χ0v) is 15.8. The molecule has 0 aliphatic carbocycles.